The van der Waals surface area contributed by atoms with Gasteiger partial charge in [0, 0.05) is 13.6 Å². The number of benzene rings is 2. The molecule has 6 nitrogen and oxygen atoms in total. The molecule has 138 valence electrons. The Hall–Kier alpha value is -2.73. The van der Waals surface area contributed by atoms with Gasteiger partial charge in [-0.2, -0.15) is 0 Å². The number of ether oxygens (including phenoxy) is 3. The Morgan fingerprint density at radius 3 is 2.54 bits per heavy atom. The molecular formula is C20H24N2O4. The average molecular weight is 356 g/mol. The smallest absolute Gasteiger partial charge is 0.317 e. The number of nitrogens with zero attached hydrogens (tertiary/aromatic N) is 1. The van der Waals surface area contributed by atoms with Gasteiger partial charge in [-0.1, -0.05) is 42.5 Å². The second kappa shape index (κ2) is 8.58. The largest absolute Gasteiger partial charge is 0.493 e. The molecule has 1 fully saturated rings. The summed E-state index contributed by atoms with van der Waals surface area (Å²) in [5.74, 6) is 1.30. The van der Waals surface area contributed by atoms with Crippen LogP contribution in [0.2, 0.25) is 0 Å². The average Bonchev–Trinajstić information content (AvgIpc) is 2.72. The summed E-state index contributed by atoms with van der Waals surface area (Å²) in [7, 11) is 3.25. The van der Waals surface area contributed by atoms with Gasteiger partial charge < -0.3 is 24.4 Å². The Kier molecular flexibility index (Phi) is 5.96. The topological polar surface area (TPSA) is 60.0 Å². The number of amides is 2. The van der Waals surface area contributed by atoms with E-state index < -0.39 is 0 Å². The number of morpholine rings is 1. The zero-order chi connectivity index (χ0) is 18.4. The number of para-hydroxylation sites is 2. The molecule has 1 aliphatic heterocycles. The monoisotopic (exact) mass is 356 g/mol. The van der Waals surface area contributed by atoms with Crippen molar-refractivity contribution in [1.29, 1.82) is 0 Å². The molecule has 0 radical (unpaired) electrons. The standard InChI is InChI=1S/C20H24N2O4/c1-21-20(23)22-12-13-25-18(14-22)19(15-8-4-3-5-9-15)26-17-11-7-6-10-16(17)24-2/h3-11,18-19H,12-14H2,1-2H3,(H,21,23). The summed E-state index contributed by atoms with van der Waals surface area (Å²) in [5, 5.41) is 2.67. The van der Waals surface area contributed by atoms with Crippen molar-refractivity contribution in [3.63, 3.8) is 0 Å². The molecular weight excluding hydrogens is 332 g/mol. The number of hydrogen-bond acceptors (Lipinski definition) is 4. The van der Waals surface area contributed by atoms with Crippen molar-refractivity contribution in [2.24, 2.45) is 0 Å². The van der Waals surface area contributed by atoms with Crippen LogP contribution in [0.1, 0.15) is 11.7 Å². The number of hydrogen-bond donors (Lipinski definition) is 1. The van der Waals surface area contributed by atoms with Gasteiger partial charge in [0.25, 0.3) is 0 Å². The molecule has 0 aromatic heterocycles. The van der Waals surface area contributed by atoms with E-state index in [0.29, 0.717) is 31.2 Å². The van der Waals surface area contributed by atoms with Crippen molar-refractivity contribution in [3.05, 3.63) is 60.2 Å². The van der Waals surface area contributed by atoms with E-state index in [2.05, 4.69) is 5.32 Å². The van der Waals surface area contributed by atoms with Gasteiger partial charge in [-0.15, -0.1) is 0 Å². The van der Waals surface area contributed by atoms with E-state index in [-0.39, 0.29) is 18.2 Å². The van der Waals surface area contributed by atoms with Crippen LogP contribution in [0.15, 0.2) is 54.6 Å². The summed E-state index contributed by atoms with van der Waals surface area (Å²) >= 11 is 0. The van der Waals surface area contributed by atoms with E-state index in [0.717, 1.165) is 5.56 Å². The normalized spacial score (nSPS) is 18.1. The van der Waals surface area contributed by atoms with E-state index in [1.54, 1.807) is 19.1 Å². The number of urea groups is 1. The van der Waals surface area contributed by atoms with Crippen LogP contribution >= 0.6 is 0 Å². The van der Waals surface area contributed by atoms with Crippen molar-refractivity contribution in [3.8, 4) is 11.5 Å². The second-order valence-electron chi connectivity index (χ2n) is 6.01. The van der Waals surface area contributed by atoms with Gasteiger partial charge in [-0.25, -0.2) is 4.79 Å². The lowest BCUT2D eigenvalue weighted by molar-refractivity contribution is -0.0715. The molecule has 0 aliphatic carbocycles. The molecule has 3 rings (SSSR count). The van der Waals surface area contributed by atoms with E-state index >= 15 is 0 Å². The third-order valence-corrected chi connectivity index (χ3v) is 4.38. The van der Waals surface area contributed by atoms with Crippen LogP contribution in [-0.4, -0.2) is 50.9 Å². The molecule has 2 aromatic carbocycles. The summed E-state index contributed by atoms with van der Waals surface area (Å²) in [6.07, 6.45) is -0.645. The highest BCUT2D eigenvalue weighted by molar-refractivity contribution is 5.73. The Labute approximate surface area is 153 Å². The van der Waals surface area contributed by atoms with Gasteiger partial charge in [0.05, 0.1) is 20.3 Å². The summed E-state index contributed by atoms with van der Waals surface area (Å²) in [5.41, 5.74) is 0.988. The minimum Gasteiger partial charge on any atom is -0.493 e. The van der Waals surface area contributed by atoms with Crippen LogP contribution in [0.4, 0.5) is 4.79 Å². The molecule has 0 bridgehead atoms. The quantitative estimate of drug-likeness (QED) is 0.895. The second-order valence-corrected chi connectivity index (χ2v) is 6.01. The maximum atomic E-state index is 12.0. The maximum absolute atomic E-state index is 12.0. The molecule has 0 saturated carbocycles. The third kappa shape index (κ3) is 4.08. The fraction of sp³-hybridized carbons (Fsp3) is 0.350. The molecule has 1 saturated heterocycles. The van der Waals surface area contributed by atoms with Crippen LogP contribution in [0, 0.1) is 0 Å². The van der Waals surface area contributed by atoms with Crippen LogP contribution in [0.25, 0.3) is 0 Å². The molecule has 1 N–H and O–H groups in total. The summed E-state index contributed by atoms with van der Waals surface area (Å²) in [4.78, 5) is 13.8. The van der Waals surface area contributed by atoms with Crippen LogP contribution in [-0.2, 0) is 4.74 Å². The molecule has 1 heterocycles. The SMILES string of the molecule is CNC(=O)N1CCOC(C(Oc2ccccc2OC)c2ccccc2)C1. The predicted molar refractivity (Wildman–Crippen MR) is 98.6 cm³/mol. The molecule has 2 atom stereocenters. The maximum Gasteiger partial charge on any atom is 0.317 e. The van der Waals surface area contributed by atoms with Crippen molar-refractivity contribution < 1.29 is 19.0 Å². The van der Waals surface area contributed by atoms with E-state index in [9.17, 15) is 4.79 Å². The third-order valence-electron chi connectivity index (χ3n) is 4.38. The van der Waals surface area contributed by atoms with Gasteiger partial charge in [0.1, 0.15) is 6.10 Å². The fourth-order valence-electron chi connectivity index (χ4n) is 3.06. The zero-order valence-corrected chi connectivity index (χ0v) is 15.1. The molecule has 2 amide bonds. The molecule has 1 aliphatic rings. The highest BCUT2D eigenvalue weighted by Crippen LogP contribution is 2.34. The Morgan fingerprint density at radius 2 is 1.85 bits per heavy atom. The first-order valence-electron chi connectivity index (χ1n) is 8.66. The first-order chi connectivity index (χ1) is 12.7. The molecule has 6 heteroatoms. The highest BCUT2D eigenvalue weighted by Gasteiger charge is 2.33. The van der Waals surface area contributed by atoms with Crippen molar-refractivity contribution in [2.75, 3.05) is 33.9 Å². The predicted octanol–water partition coefficient (Wildman–Crippen LogP) is 2.86. The number of rotatable bonds is 5. The Balaban J connectivity index is 1.88. The minimum absolute atomic E-state index is 0.109. The van der Waals surface area contributed by atoms with E-state index in [1.165, 1.54) is 0 Å². The van der Waals surface area contributed by atoms with Gasteiger partial charge in [0.15, 0.2) is 17.6 Å². The first-order valence-corrected chi connectivity index (χ1v) is 8.66. The number of carbonyl (C=O) groups excluding carboxylic acids is 1. The lowest BCUT2D eigenvalue weighted by Crippen LogP contribution is -2.51. The van der Waals surface area contributed by atoms with Crippen LogP contribution < -0.4 is 14.8 Å². The molecule has 2 aromatic rings. The first kappa shape index (κ1) is 18.1. The lowest BCUT2D eigenvalue weighted by Gasteiger charge is -2.37. The zero-order valence-electron chi connectivity index (χ0n) is 15.1. The van der Waals surface area contributed by atoms with Gasteiger partial charge >= 0.3 is 6.03 Å². The van der Waals surface area contributed by atoms with E-state index in [1.807, 2.05) is 54.6 Å². The summed E-state index contributed by atoms with van der Waals surface area (Å²) in [6.45, 7) is 1.48. The van der Waals surface area contributed by atoms with Gasteiger partial charge in [-0.05, 0) is 17.7 Å². The van der Waals surface area contributed by atoms with Gasteiger partial charge in [-0.3, -0.25) is 0 Å². The minimum atomic E-state index is -0.361. The van der Waals surface area contributed by atoms with Crippen molar-refractivity contribution in [1.82, 2.24) is 10.2 Å². The number of carbonyl (C=O) groups is 1. The molecule has 26 heavy (non-hydrogen) atoms. The number of nitrogens with one attached hydrogen (secondary N) is 1. The van der Waals surface area contributed by atoms with Crippen molar-refractivity contribution in [2.45, 2.75) is 12.2 Å². The fourth-order valence-corrected chi connectivity index (χ4v) is 3.06. The Bertz CT molecular complexity index is 723. The van der Waals surface area contributed by atoms with Crippen molar-refractivity contribution >= 4 is 6.03 Å². The van der Waals surface area contributed by atoms with E-state index in [4.69, 9.17) is 14.2 Å². The highest BCUT2D eigenvalue weighted by atomic mass is 16.6. The van der Waals surface area contributed by atoms with Crippen LogP contribution in [0.3, 0.4) is 0 Å². The molecule has 0 spiro atoms. The van der Waals surface area contributed by atoms with Gasteiger partial charge in [0.2, 0.25) is 0 Å². The summed E-state index contributed by atoms with van der Waals surface area (Å²) < 4.78 is 17.7. The number of methoxy groups -OCH3 is 1. The lowest BCUT2D eigenvalue weighted by atomic mass is 10.0. The van der Waals surface area contributed by atoms with Crippen LogP contribution in [0.5, 0.6) is 11.5 Å². The Morgan fingerprint density at radius 1 is 1.15 bits per heavy atom. The molecule has 2 unspecified atom stereocenters. The summed E-state index contributed by atoms with van der Waals surface area (Å²) in [6, 6.07) is 17.3.